The number of nitrogens with two attached hydrogens (primary N) is 1. The van der Waals surface area contributed by atoms with Gasteiger partial charge in [-0.3, -0.25) is 9.59 Å². The van der Waals surface area contributed by atoms with E-state index in [4.69, 9.17) is 5.73 Å². The summed E-state index contributed by atoms with van der Waals surface area (Å²) in [6, 6.07) is -1.42. The van der Waals surface area contributed by atoms with E-state index in [9.17, 15) is 19.5 Å². The third-order valence-electron chi connectivity index (χ3n) is 4.11. The molecule has 1 aliphatic carbocycles. The Bertz CT molecular complexity index is 402. The Kier molecular flexibility index (Phi) is 6.14. The molecule has 1 aliphatic rings. The number of carboxylic acid groups (broad SMARTS) is 1. The molecule has 0 aromatic rings. The number of carbonyl (C=O) groups is 3. The molecule has 21 heavy (non-hydrogen) atoms. The average molecular weight is 300 g/mol. The van der Waals surface area contributed by atoms with Crippen LogP contribution in [0.25, 0.3) is 0 Å². The number of hydrogen-bond donors (Lipinski definition) is 3. The maximum Gasteiger partial charge on any atom is 0.332 e. The first-order valence-electron chi connectivity index (χ1n) is 7.25. The first-order valence-corrected chi connectivity index (χ1v) is 7.25. The molecule has 1 unspecified atom stereocenters. The number of esters is 1. The summed E-state index contributed by atoms with van der Waals surface area (Å²) in [5.74, 6) is -1.93. The number of rotatable bonds is 6. The fourth-order valence-electron chi connectivity index (χ4n) is 2.49. The Labute approximate surface area is 124 Å². The molecule has 1 saturated carbocycles. The Hall–Kier alpha value is -1.63. The summed E-state index contributed by atoms with van der Waals surface area (Å²) in [5, 5.41) is 11.9. The summed E-state index contributed by atoms with van der Waals surface area (Å²) in [4.78, 5) is 34.7. The van der Waals surface area contributed by atoms with Gasteiger partial charge in [0.25, 0.3) is 0 Å². The minimum Gasteiger partial charge on any atom is -0.481 e. The van der Waals surface area contributed by atoms with E-state index in [2.05, 4.69) is 17.0 Å². The van der Waals surface area contributed by atoms with Gasteiger partial charge in [0.05, 0.1) is 12.0 Å². The molecule has 0 bridgehead atoms. The molecule has 1 rings (SSSR count). The molecule has 120 valence electrons. The van der Waals surface area contributed by atoms with Crippen molar-refractivity contribution in [3.63, 3.8) is 0 Å². The molecule has 0 aromatic carbocycles. The van der Waals surface area contributed by atoms with Crippen molar-refractivity contribution in [2.24, 2.45) is 17.1 Å². The predicted octanol–water partition coefficient (Wildman–Crippen LogP) is 0.274. The van der Waals surface area contributed by atoms with Crippen LogP contribution in [0.2, 0.25) is 0 Å². The Morgan fingerprint density at radius 3 is 2.43 bits per heavy atom. The van der Waals surface area contributed by atoms with Crippen molar-refractivity contribution in [2.45, 2.75) is 45.6 Å². The molecule has 0 radical (unpaired) electrons. The van der Waals surface area contributed by atoms with Crippen LogP contribution in [0.15, 0.2) is 0 Å². The van der Waals surface area contributed by atoms with Gasteiger partial charge in [-0.25, -0.2) is 4.79 Å². The minimum atomic E-state index is -1.42. The Balaban J connectivity index is 2.60. The van der Waals surface area contributed by atoms with Crippen molar-refractivity contribution in [3.8, 4) is 0 Å². The smallest absolute Gasteiger partial charge is 0.332 e. The van der Waals surface area contributed by atoms with Gasteiger partial charge >= 0.3 is 11.9 Å². The van der Waals surface area contributed by atoms with Crippen molar-refractivity contribution in [1.29, 1.82) is 0 Å². The molecule has 0 aliphatic heterocycles. The largest absolute Gasteiger partial charge is 0.481 e. The van der Waals surface area contributed by atoms with E-state index in [-0.39, 0.29) is 13.2 Å². The zero-order valence-electron chi connectivity index (χ0n) is 12.6. The highest BCUT2D eigenvalue weighted by molar-refractivity contribution is 6.01. The maximum absolute atomic E-state index is 11.8. The molecule has 0 spiro atoms. The monoisotopic (exact) mass is 300 g/mol. The van der Waals surface area contributed by atoms with E-state index in [1.54, 1.807) is 6.92 Å². The summed E-state index contributed by atoms with van der Waals surface area (Å²) < 4.78 is 4.66. The molecule has 1 amide bonds. The van der Waals surface area contributed by atoms with Crippen LogP contribution in [0.3, 0.4) is 0 Å². The molecule has 7 heteroatoms. The minimum absolute atomic E-state index is 0.0129. The standard InChI is InChI=1S/C14H24N2O5/c1-3-21-12(18)10(15)11(17)16-8-14(13(19)20)6-4-9(2)5-7-14/h9-10H,3-8,15H2,1-2H3,(H,16,17)(H,19,20). The van der Waals surface area contributed by atoms with Crippen LogP contribution >= 0.6 is 0 Å². The van der Waals surface area contributed by atoms with E-state index in [1.807, 2.05) is 0 Å². The number of carbonyl (C=O) groups excluding carboxylic acids is 2. The number of amides is 1. The molecule has 4 N–H and O–H groups in total. The molecular weight excluding hydrogens is 276 g/mol. The van der Waals surface area contributed by atoms with Gasteiger partial charge in [-0.15, -0.1) is 0 Å². The second-order valence-corrected chi connectivity index (χ2v) is 5.72. The van der Waals surface area contributed by atoms with Gasteiger partial charge in [0.2, 0.25) is 5.91 Å². The second-order valence-electron chi connectivity index (χ2n) is 5.72. The molecule has 0 saturated heterocycles. The quantitative estimate of drug-likeness (QED) is 0.478. The van der Waals surface area contributed by atoms with Crippen LogP contribution in [0.1, 0.15) is 39.5 Å². The first-order chi connectivity index (χ1) is 9.82. The lowest BCUT2D eigenvalue weighted by Crippen LogP contribution is -2.52. The molecule has 1 atom stereocenters. The zero-order valence-corrected chi connectivity index (χ0v) is 12.6. The highest BCUT2D eigenvalue weighted by Gasteiger charge is 2.41. The number of aliphatic carboxylic acids is 1. The van der Waals surface area contributed by atoms with Gasteiger partial charge in [-0.05, 0) is 38.5 Å². The lowest BCUT2D eigenvalue weighted by atomic mass is 9.71. The lowest BCUT2D eigenvalue weighted by molar-refractivity contribution is -0.151. The van der Waals surface area contributed by atoms with Crippen molar-refractivity contribution < 1.29 is 24.2 Å². The summed E-state index contributed by atoms with van der Waals surface area (Å²) in [6.45, 7) is 3.82. The van der Waals surface area contributed by atoms with Crippen LogP contribution in [0.5, 0.6) is 0 Å². The van der Waals surface area contributed by atoms with Crippen molar-refractivity contribution >= 4 is 17.8 Å². The van der Waals surface area contributed by atoms with Gasteiger partial charge in [-0.2, -0.15) is 0 Å². The van der Waals surface area contributed by atoms with Crippen LogP contribution < -0.4 is 11.1 Å². The first kappa shape index (κ1) is 17.4. The van der Waals surface area contributed by atoms with Crippen molar-refractivity contribution in [2.75, 3.05) is 13.2 Å². The topological polar surface area (TPSA) is 119 Å². The summed E-state index contributed by atoms with van der Waals surface area (Å²) >= 11 is 0. The summed E-state index contributed by atoms with van der Waals surface area (Å²) in [7, 11) is 0. The fraction of sp³-hybridized carbons (Fsp3) is 0.786. The number of nitrogens with one attached hydrogen (secondary N) is 1. The van der Waals surface area contributed by atoms with Gasteiger partial charge in [-0.1, -0.05) is 6.92 Å². The van der Waals surface area contributed by atoms with Gasteiger partial charge < -0.3 is 20.9 Å². The van der Waals surface area contributed by atoms with Crippen LogP contribution in [-0.2, 0) is 19.1 Å². The second kappa shape index (κ2) is 7.40. The molecule has 7 nitrogen and oxygen atoms in total. The van der Waals surface area contributed by atoms with Crippen molar-refractivity contribution in [1.82, 2.24) is 5.32 Å². The van der Waals surface area contributed by atoms with Crippen LogP contribution in [0.4, 0.5) is 0 Å². The highest BCUT2D eigenvalue weighted by atomic mass is 16.5. The molecule has 0 heterocycles. The van der Waals surface area contributed by atoms with E-state index in [1.165, 1.54) is 0 Å². The number of hydrogen-bond acceptors (Lipinski definition) is 5. The Morgan fingerprint density at radius 2 is 1.95 bits per heavy atom. The van der Waals surface area contributed by atoms with E-state index in [0.29, 0.717) is 18.8 Å². The summed E-state index contributed by atoms with van der Waals surface area (Å²) in [5.41, 5.74) is 4.51. The maximum atomic E-state index is 11.8. The normalized spacial score (nSPS) is 26.7. The Morgan fingerprint density at radius 1 is 1.38 bits per heavy atom. The van der Waals surface area contributed by atoms with Crippen LogP contribution in [-0.4, -0.2) is 42.1 Å². The molecule has 1 fully saturated rings. The van der Waals surface area contributed by atoms with Crippen molar-refractivity contribution in [3.05, 3.63) is 0 Å². The van der Waals surface area contributed by atoms with Crippen LogP contribution in [0, 0.1) is 11.3 Å². The highest BCUT2D eigenvalue weighted by Crippen LogP contribution is 2.38. The predicted molar refractivity (Wildman–Crippen MR) is 75.3 cm³/mol. The molecule has 0 aromatic heterocycles. The van der Waals surface area contributed by atoms with E-state index >= 15 is 0 Å². The van der Waals surface area contributed by atoms with Gasteiger partial charge in [0, 0.05) is 6.54 Å². The van der Waals surface area contributed by atoms with E-state index < -0.39 is 29.3 Å². The zero-order chi connectivity index (χ0) is 16.0. The molecular formula is C14H24N2O5. The average Bonchev–Trinajstić information content (AvgIpc) is 2.45. The SMILES string of the molecule is CCOC(=O)C(N)C(=O)NCC1(C(=O)O)CCC(C)CC1. The lowest BCUT2D eigenvalue weighted by Gasteiger charge is -2.36. The number of ether oxygens (including phenoxy) is 1. The fourth-order valence-corrected chi connectivity index (χ4v) is 2.49. The van der Waals surface area contributed by atoms with Gasteiger partial charge in [0.1, 0.15) is 0 Å². The third-order valence-corrected chi connectivity index (χ3v) is 4.11. The number of carboxylic acids is 1. The van der Waals surface area contributed by atoms with E-state index in [0.717, 1.165) is 12.8 Å². The van der Waals surface area contributed by atoms with Gasteiger partial charge in [0.15, 0.2) is 6.04 Å². The summed E-state index contributed by atoms with van der Waals surface area (Å²) in [6.07, 6.45) is 2.65. The third kappa shape index (κ3) is 4.42.